The van der Waals surface area contributed by atoms with E-state index < -0.39 is 5.82 Å². The minimum atomic E-state index is -0.454. The van der Waals surface area contributed by atoms with Gasteiger partial charge >= 0.3 is 0 Å². The van der Waals surface area contributed by atoms with Gasteiger partial charge in [0.2, 0.25) is 0 Å². The Morgan fingerprint density at radius 1 is 1.37 bits per heavy atom. The quantitative estimate of drug-likeness (QED) is 0.942. The van der Waals surface area contributed by atoms with E-state index in [1.807, 2.05) is 19.1 Å². The van der Waals surface area contributed by atoms with Crippen LogP contribution in [0.5, 0.6) is 0 Å². The van der Waals surface area contributed by atoms with Crippen molar-refractivity contribution in [3.8, 4) is 0 Å². The molecule has 0 spiro atoms. The van der Waals surface area contributed by atoms with Gasteiger partial charge in [0.15, 0.2) is 0 Å². The molecular formula is C14H12BrFN2O. The van der Waals surface area contributed by atoms with E-state index in [0.29, 0.717) is 16.6 Å². The predicted octanol–water partition coefficient (Wildman–Crippen LogP) is 3.22. The third-order valence-electron chi connectivity index (χ3n) is 2.61. The SMILES string of the molecule is Cc1ccc(CNC(=O)c2ccc(Br)c(F)c2)cn1. The molecule has 0 aliphatic rings. The zero-order chi connectivity index (χ0) is 13.8. The van der Waals surface area contributed by atoms with E-state index in [-0.39, 0.29) is 5.91 Å². The number of hydrogen-bond donors (Lipinski definition) is 1. The van der Waals surface area contributed by atoms with E-state index in [4.69, 9.17) is 0 Å². The summed E-state index contributed by atoms with van der Waals surface area (Å²) in [7, 11) is 0. The molecule has 1 amide bonds. The van der Waals surface area contributed by atoms with Crippen molar-refractivity contribution in [1.82, 2.24) is 10.3 Å². The average Bonchev–Trinajstić information content (AvgIpc) is 2.41. The van der Waals surface area contributed by atoms with Crippen LogP contribution in [0.15, 0.2) is 41.0 Å². The van der Waals surface area contributed by atoms with Crippen LogP contribution in [0.4, 0.5) is 4.39 Å². The minimum absolute atomic E-state index is 0.292. The summed E-state index contributed by atoms with van der Waals surface area (Å²) in [5, 5.41) is 2.72. The lowest BCUT2D eigenvalue weighted by atomic mass is 10.2. The Labute approximate surface area is 119 Å². The topological polar surface area (TPSA) is 42.0 Å². The number of rotatable bonds is 3. The molecular weight excluding hydrogens is 311 g/mol. The Kier molecular flexibility index (Phi) is 4.27. The van der Waals surface area contributed by atoms with Gasteiger partial charge in [0, 0.05) is 24.0 Å². The van der Waals surface area contributed by atoms with Gasteiger partial charge in [0.25, 0.3) is 5.91 Å². The van der Waals surface area contributed by atoms with Crippen LogP contribution in [0.1, 0.15) is 21.6 Å². The van der Waals surface area contributed by atoms with Gasteiger partial charge in [0.05, 0.1) is 4.47 Å². The van der Waals surface area contributed by atoms with Crippen molar-refractivity contribution in [3.63, 3.8) is 0 Å². The molecule has 0 bridgehead atoms. The number of aromatic nitrogens is 1. The fourth-order valence-corrected chi connectivity index (χ4v) is 1.77. The van der Waals surface area contributed by atoms with E-state index in [0.717, 1.165) is 11.3 Å². The van der Waals surface area contributed by atoms with Gasteiger partial charge in [-0.15, -0.1) is 0 Å². The normalized spacial score (nSPS) is 10.3. The Morgan fingerprint density at radius 2 is 2.16 bits per heavy atom. The number of nitrogens with zero attached hydrogens (tertiary/aromatic N) is 1. The minimum Gasteiger partial charge on any atom is -0.348 e. The number of hydrogen-bond acceptors (Lipinski definition) is 2. The number of halogens is 2. The number of carbonyl (C=O) groups excluding carboxylic acids is 1. The second-order valence-electron chi connectivity index (χ2n) is 4.12. The molecule has 0 atom stereocenters. The third-order valence-corrected chi connectivity index (χ3v) is 3.25. The van der Waals surface area contributed by atoms with Crippen LogP contribution in [0, 0.1) is 12.7 Å². The van der Waals surface area contributed by atoms with Crippen molar-refractivity contribution in [2.24, 2.45) is 0 Å². The highest BCUT2D eigenvalue weighted by molar-refractivity contribution is 9.10. The molecule has 0 saturated heterocycles. The van der Waals surface area contributed by atoms with Gasteiger partial charge in [-0.2, -0.15) is 0 Å². The monoisotopic (exact) mass is 322 g/mol. The van der Waals surface area contributed by atoms with Crippen molar-refractivity contribution < 1.29 is 9.18 Å². The Hall–Kier alpha value is -1.75. The second kappa shape index (κ2) is 5.93. The molecule has 98 valence electrons. The molecule has 2 aromatic rings. The van der Waals surface area contributed by atoms with Crippen molar-refractivity contribution in [3.05, 3.63) is 63.6 Å². The standard InChI is InChI=1S/C14H12BrFN2O/c1-9-2-3-10(7-17-9)8-18-14(19)11-4-5-12(15)13(16)6-11/h2-7H,8H2,1H3,(H,18,19). The Morgan fingerprint density at radius 3 is 2.79 bits per heavy atom. The van der Waals surface area contributed by atoms with E-state index >= 15 is 0 Å². The molecule has 0 aliphatic heterocycles. The molecule has 1 heterocycles. The van der Waals surface area contributed by atoms with Crippen LogP contribution < -0.4 is 5.32 Å². The second-order valence-corrected chi connectivity index (χ2v) is 4.97. The van der Waals surface area contributed by atoms with Crippen LogP contribution in [-0.2, 0) is 6.54 Å². The lowest BCUT2D eigenvalue weighted by Gasteiger charge is -2.06. The molecule has 0 radical (unpaired) electrons. The van der Waals surface area contributed by atoms with Crippen LogP contribution in [0.25, 0.3) is 0 Å². The van der Waals surface area contributed by atoms with E-state index in [1.165, 1.54) is 12.1 Å². The largest absolute Gasteiger partial charge is 0.348 e. The fourth-order valence-electron chi connectivity index (χ4n) is 1.52. The third kappa shape index (κ3) is 3.61. The van der Waals surface area contributed by atoms with E-state index in [9.17, 15) is 9.18 Å². The highest BCUT2D eigenvalue weighted by atomic mass is 79.9. The van der Waals surface area contributed by atoms with Crippen LogP contribution >= 0.6 is 15.9 Å². The number of nitrogens with one attached hydrogen (secondary N) is 1. The maximum absolute atomic E-state index is 13.3. The Bertz CT molecular complexity index is 599. The summed E-state index contributed by atoms with van der Waals surface area (Å²) in [5.41, 5.74) is 2.11. The molecule has 0 unspecified atom stereocenters. The number of aryl methyl sites for hydroxylation is 1. The van der Waals surface area contributed by atoms with Crippen molar-refractivity contribution in [2.75, 3.05) is 0 Å². The molecule has 1 aromatic carbocycles. The van der Waals surface area contributed by atoms with Crippen molar-refractivity contribution in [2.45, 2.75) is 13.5 Å². The molecule has 0 fully saturated rings. The number of carbonyl (C=O) groups is 1. The molecule has 19 heavy (non-hydrogen) atoms. The molecule has 3 nitrogen and oxygen atoms in total. The van der Waals surface area contributed by atoms with Crippen LogP contribution in [0.2, 0.25) is 0 Å². The molecule has 1 N–H and O–H groups in total. The summed E-state index contributed by atoms with van der Waals surface area (Å²) < 4.78 is 13.6. The first-order chi connectivity index (χ1) is 9.06. The van der Waals surface area contributed by atoms with Crippen molar-refractivity contribution in [1.29, 1.82) is 0 Å². The van der Waals surface area contributed by atoms with Crippen molar-refractivity contribution >= 4 is 21.8 Å². The molecule has 0 saturated carbocycles. The lowest BCUT2D eigenvalue weighted by molar-refractivity contribution is 0.0950. The summed E-state index contributed by atoms with van der Waals surface area (Å²) in [6, 6.07) is 8.05. The first-order valence-corrected chi connectivity index (χ1v) is 6.50. The summed E-state index contributed by atoms with van der Waals surface area (Å²) in [5.74, 6) is -0.767. The van der Waals surface area contributed by atoms with Gasteiger partial charge in [-0.05, 0) is 52.7 Å². The highest BCUT2D eigenvalue weighted by Crippen LogP contribution is 2.16. The van der Waals surface area contributed by atoms with Gasteiger partial charge in [-0.25, -0.2) is 4.39 Å². The first-order valence-electron chi connectivity index (χ1n) is 5.71. The number of benzene rings is 1. The zero-order valence-corrected chi connectivity index (χ0v) is 11.9. The van der Waals surface area contributed by atoms with Crippen LogP contribution in [-0.4, -0.2) is 10.9 Å². The highest BCUT2D eigenvalue weighted by Gasteiger charge is 2.08. The summed E-state index contributed by atoms with van der Waals surface area (Å²) in [4.78, 5) is 16.0. The molecule has 2 rings (SSSR count). The summed E-state index contributed by atoms with van der Waals surface area (Å²) in [6.07, 6.45) is 1.71. The molecule has 5 heteroatoms. The predicted molar refractivity (Wildman–Crippen MR) is 74.2 cm³/mol. The average molecular weight is 323 g/mol. The molecule has 1 aromatic heterocycles. The fraction of sp³-hybridized carbons (Fsp3) is 0.143. The van der Waals surface area contributed by atoms with Gasteiger partial charge in [0.1, 0.15) is 5.82 Å². The van der Waals surface area contributed by atoms with Gasteiger partial charge in [-0.3, -0.25) is 9.78 Å². The lowest BCUT2D eigenvalue weighted by Crippen LogP contribution is -2.23. The smallest absolute Gasteiger partial charge is 0.251 e. The van der Waals surface area contributed by atoms with Crippen LogP contribution in [0.3, 0.4) is 0 Å². The zero-order valence-electron chi connectivity index (χ0n) is 10.3. The first kappa shape index (κ1) is 13.7. The van der Waals surface area contributed by atoms with E-state index in [2.05, 4.69) is 26.2 Å². The number of pyridine rings is 1. The summed E-state index contributed by atoms with van der Waals surface area (Å²) >= 11 is 3.05. The molecule has 0 aliphatic carbocycles. The van der Waals surface area contributed by atoms with E-state index in [1.54, 1.807) is 12.3 Å². The summed E-state index contributed by atoms with van der Waals surface area (Å²) in [6.45, 7) is 2.26. The van der Waals surface area contributed by atoms with Gasteiger partial charge < -0.3 is 5.32 Å². The van der Waals surface area contributed by atoms with Gasteiger partial charge in [-0.1, -0.05) is 6.07 Å². The maximum Gasteiger partial charge on any atom is 0.251 e. The number of amides is 1. The maximum atomic E-state index is 13.3. The Balaban J connectivity index is 2.01.